The summed E-state index contributed by atoms with van der Waals surface area (Å²) in [5.74, 6) is 0. The summed E-state index contributed by atoms with van der Waals surface area (Å²) in [6, 6.07) is 0. The summed E-state index contributed by atoms with van der Waals surface area (Å²) < 4.78 is 0.679. The number of hydrogen-bond donors (Lipinski definition) is 0. The molecule has 0 aromatic rings. The fourth-order valence-corrected chi connectivity index (χ4v) is 0. The first-order chi connectivity index (χ1) is 3.25. The molecule has 0 spiro atoms. The number of halogens is 1. The van der Waals surface area contributed by atoms with Crippen LogP contribution in [-0.4, -0.2) is 21.0 Å². The molecule has 0 nitrogen and oxygen atoms in total. The number of rotatable bonds is 0. The third-order valence-corrected chi connectivity index (χ3v) is 19.0. The normalized spacial score (nSPS) is 16.6. The van der Waals surface area contributed by atoms with Crippen LogP contribution in [0.25, 0.3) is 0 Å². The average molecular weight is 245 g/mol. The maximum atomic E-state index is 2.51. The molecule has 0 heterocycles. The zero-order valence-electron chi connectivity index (χ0n) is 6.88. The van der Waals surface area contributed by atoms with Gasteiger partial charge in [-0.3, -0.25) is 0 Å². The van der Waals surface area contributed by atoms with Crippen LogP contribution in [0.5, 0.6) is 0 Å². The summed E-state index contributed by atoms with van der Waals surface area (Å²) in [7, 11) is 1.47. The van der Waals surface area contributed by atoms with Gasteiger partial charge in [-0.15, -0.1) is 0 Å². The molecule has 0 aromatic carbocycles. The first-order valence-electron chi connectivity index (χ1n) is 2.82. The fourth-order valence-electron chi connectivity index (χ4n) is 0. The Morgan fingerprint density at radius 2 is 1.25 bits per heavy atom. The van der Waals surface area contributed by atoms with E-state index in [0.29, 0.717) is 3.42 Å². The Morgan fingerprint density at radius 3 is 1.25 bits per heavy atom. The molecule has 0 saturated carbocycles. The van der Waals surface area contributed by atoms with Crippen molar-refractivity contribution in [3.8, 4) is 0 Å². The zero-order chi connectivity index (χ0) is 7.00. The number of hydrogen-bond acceptors (Lipinski definition) is 0. The van der Waals surface area contributed by atoms with E-state index in [1.807, 2.05) is 0 Å². The van der Waals surface area contributed by atoms with Crippen molar-refractivity contribution in [1.29, 1.82) is 0 Å². The van der Waals surface area contributed by atoms with Gasteiger partial charge in [0.1, 0.15) is 0 Å². The van der Waals surface area contributed by atoms with Crippen molar-refractivity contribution < 1.29 is 17.6 Å². The first-order valence-corrected chi connectivity index (χ1v) is 15.4. The summed E-state index contributed by atoms with van der Waals surface area (Å²) in [5, 5.41) is 0. The van der Waals surface area contributed by atoms with Crippen molar-refractivity contribution in [3.63, 3.8) is 0 Å². The van der Waals surface area contributed by atoms with E-state index in [1.165, 1.54) is 7.74 Å². The molecule has 0 unspecified atom stereocenters. The Labute approximate surface area is 59.4 Å². The molecule has 0 saturated heterocycles. The van der Waals surface area contributed by atoms with Gasteiger partial charge >= 0.3 is 59.4 Å². The average Bonchev–Trinajstić information content (AvgIpc) is 1.25. The monoisotopic (exact) mass is 245 g/mol. The van der Waals surface area contributed by atoms with Crippen molar-refractivity contribution in [3.05, 3.63) is 0 Å². The van der Waals surface area contributed by atoms with E-state index in [4.69, 9.17) is 0 Å². The summed E-state index contributed by atoms with van der Waals surface area (Å²) in [4.78, 5) is 5.03. The molecule has 0 aliphatic carbocycles. The second-order valence-corrected chi connectivity index (χ2v) is 29.4. The van der Waals surface area contributed by atoms with E-state index >= 15 is 0 Å². The van der Waals surface area contributed by atoms with E-state index in [2.05, 4.69) is 30.6 Å². The molecule has 0 radical (unpaired) electrons. The van der Waals surface area contributed by atoms with Gasteiger partial charge in [0.15, 0.2) is 0 Å². The van der Waals surface area contributed by atoms with Crippen molar-refractivity contribution >= 4 is 7.74 Å². The minimum absolute atomic E-state index is 0.679. The summed E-state index contributed by atoms with van der Waals surface area (Å²) in [6.07, 6.45) is 0. The summed E-state index contributed by atoms with van der Waals surface area (Å²) in [5.41, 5.74) is 0. The molecule has 0 aliphatic rings. The Bertz CT molecular complexity index is 63.5. The molecule has 0 amide bonds. The van der Waals surface area contributed by atoms with Gasteiger partial charge in [0.25, 0.3) is 0 Å². The van der Waals surface area contributed by atoms with Crippen molar-refractivity contribution in [2.45, 2.75) is 24.2 Å². The topological polar surface area (TPSA) is 0 Å². The van der Waals surface area contributed by atoms with Gasteiger partial charge in [-0.2, -0.15) is 0 Å². The third-order valence-electron chi connectivity index (χ3n) is 1.70. The summed E-state index contributed by atoms with van der Waals surface area (Å²) in [6.45, 7) is 7.16. The van der Waals surface area contributed by atoms with Gasteiger partial charge in [-0.05, 0) is 0 Å². The van der Waals surface area contributed by atoms with Gasteiger partial charge in [-0.25, -0.2) is 0 Å². The molecular weight excluding hydrogens is 227 g/mol. The first kappa shape index (κ1) is 8.95. The van der Waals surface area contributed by atoms with E-state index in [9.17, 15) is 0 Å². The maximum absolute atomic E-state index is 2.51. The Hall–Kier alpha value is 0.947. The van der Waals surface area contributed by atoms with Gasteiger partial charge < -0.3 is 0 Å². The quantitative estimate of drug-likeness (QED) is 0.191. The van der Waals surface area contributed by atoms with Crippen molar-refractivity contribution in [2.24, 2.45) is 0 Å². The molecule has 54 valence electrons. The van der Waals surface area contributed by atoms with Gasteiger partial charge in [-0.1, -0.05) is 0 Å². The van der Waals surface area contributed by atoms with E-state index in [0.717, 1.165) is 0 Å². The van der Waals surface area contributed by atoms with Crippen LogP contribution < -0.4 is 17.6 Å². The van der Waals surface area contributed by atoms with Crippen LogP contribution in [0.3, 0.4) is 0 Å². The van der Waals surface area contributed by atoms with E-state index < -0.39 is 17.6 Å². The molecule has 0 rings (SSSR count). The Balaban J connectivity index is 4.02. The number of alkyl halides is 3. The molecule has 0 aromatic heterocycles. The molecule has 0 atom stereocenters. The van der Waals surface area contributed by atoms with Crippen LogP contribution in [0, 0.1) is 0 Å². The van der Waals surface area contributed by atoms with Gasteiger partial charge in [0, 0.05) is 0 Å². The summed E-state index contributed by atoms with van der Waals surface area (Å²) >= 11 is -1.10. The Kier molecular flexibility index (Phi) is 2.56. The van der Waals surface area contributed by atoms with Crippen LogP contribution in [-0.2, 0) is 0 Å². The van der Waals surface area contributed by atoms with Crippen molar-refractivity contribution in [1.82, 2.24) is 0 Å². The Morgan fingerprint density at radius 1 is 1.12 bits per heavy atom. The van der Waals surface area contributed by atoms with Gasteiger partial charge in [0.05, 0.1) is 0 Å². The molecule has 0 aliphatic heterocycles. The third kappa shape index (κ3) is 2.48. The fraction of sp³-hybridized carbons (Fsp3) is 1.00. The van der Waals surface area contributed by atoms with Crippen LogP contribution >= 0.6 is 0 Å². The van der Waals surface area contributed by atoms with Crippen LogP contribution in [0.4, 0.5) is 0 Å². The molecule has 2 heteroatoms. The van der Waals surface area contributed by atoms with Crippen molar-refractivity contribution in [2.75, 3.05) is 9.86 Å². The molecule has 0 fully saturated rings. The van der Waals surface area contributed by atoms with E-state index in [1.54, 1.807) is 0 Å². The van der Waals surface area contributed by atoms with Crippen LogP contribution in [0.1, 0.15) is 20.8 Å². The zero-order valence-corrected chi connectivity index (χ0v) is 11.0. The molecular formula is C6H18ISi-. The minimum atomic E-state index is -1.10. The van der Waals surface area contributed by atoms with E-state index in [-0.39, 0.29) is 0 Å². The second-order valence-electron chi connectivity index (χ2n) is 3.77. The predicted octanol–water partition coefficient (Wildman–Crippen LogP) is -2.51. The van der Waals surface area contributed by atoms with Crippen LogP contribution in [0.2, 0.25) is 0 Å². The van der Waals surface area contributed by atoms with Crippen LogP contribution in [0.15, 0.2) is 0 Å². The standard InChI is InChI=1S/C6H18ISi/c1-6(2,3)7(4,5)8/h1-5,8H3/q-1. The van der Waals surface area contributed by atoms with Gasteiger partial charge in [0.2, 0.25) is 0 Å². The SMILES string of the molecule is CC(C)(C)[I-](C)(C)[SiH3]. The predicted molar refractivity (Wildman–Crippen MR) is 41.5 cm³/mol. The molecule has 0 bridgehead atoms. The molecule has 8 heavy (non-hydrogen) atoms. The molecule has 0 N–H and O–H groups in total. The second kappa shape index (κ2) is 2.29.